The van der Waals surface area contributed by atoms with Crippen LogP contribution in [0, 0.1) is 0 Å². The van der Waals surface area contributed by atoms with E-state index in [2.05, 4.69) is 5.32 Å². The molecule has 7 nitrogen and oxygen atoms in total. The van der Waals surface area contributed by atoms with E-state index in [4.69, 9.17) is 0 Å². The Hall–Kier alpha value is -1.28. The quantitative estimate of drug-likeness (QED) is 0.557. The van der Waals surface area contributed by atoms with Gasteiger partial charge in [0, 0.05) is 11.2 Å². The number of fused-ring (bicyclic) bond motifs is 1. The number of rotatable bonds is 4. The molecule has 0 aromatic heterocycles. The van der Waals surface area contributed by atoms with E-state index in [1.54, 1.807) is 25.9 Å². The zero-order valence-corrected chi connectivity index (χ0v) is 13.7. The lowest BCUT2D eigenvalue weighted by Crippen LogP contribution is -2.84. The van der Waals surface area contributed by atoms with E-state index in [0.717, 1.165) is 0 Å². The lowest BCUT2D eigenvalue weighted by Gasteiger charge is -2.55. The third-order valence-electron chi connectivity index (χ3n) is 4.11. The van der Waals surface area contributed by atoms with Gasteiger partial charge in [0.1, 0.15) is 11.4 Å². The molecule has 0 saturated carbocycles. The van der Waals surface area contributed by atoms with Gasteiger partial charge in [-0.2, -0.15) is 0 Å². The van der Waals surface area contributed by atoms with Gasteiger partial charge in [0.15, 0.2) is 0 Å². The summed E-state index contributed by atoms with van der Waals surface area (Å²) in [6.07, 6.45) is 0.270. The van der Waals surface area contributed by atoms with E-state index < -0.39 is 27.8 Å². The van der Waals surface area contributed by atoms with Crippen molar-refractivity contribution in [2.45, 2.75) is 49.0 Å². The molecular weight excluding hydrogens is 294 g/mol. The molecule has 2 rings (SSSR count). The summed E-state index contributed by atoms with van der Waals surface area (Å²) in [5, 5.41) is 11.8. The van der Waals surface area contributed by atoms with Crippen molar-refractivity contribution in [1.82, 2.24) is 15.1 Å². The molecule has 0 aliphatic carbocycles. The fourth-order valence-corrected chi connectivity index (χ4v) is 4.77. The topological polar surface area (TPSA) is 90.0 Å². The molecule has 0 spiro atoms. The van der Waals surface area contributed by atoms with Gasteiger partial charge in [-0.25, -0.2) is 4.79 Å². The summed E-state index contributed by atoms with van der Waals surface area (Å²) in [7, 11) is 3.43. The fourth-order valence-electron chi connectivity index (χ4n) is 2.98. The van der Waals surface area contributed by atoms with Crippen LogP contribution in [0.15, 0.2) is 0 Å². The van der Waals surface area contributed by atoms with Gasteiger partial charge in [0.25, 0.3) is 5.91 Å². The van der Waals surface area contributed by atoms with Crippen molar-refractivity contribution in [2.24, 2.45) is 0 Å². The van der Waals surface area contributed by atoms with E-state index in [9.17, 15) is 19.5 Å². The Morgan fingerprint density at radius 1 is 1.43 bits per heavy atom. The average Bonchev–Trinajstić information content (AvgIpc) is 2.64. The number of hydrogen-bond acceptors (Lipinski definition) is 5. The van der Waals surface area contributed by atoms with Crippen molar-refractivity contribution < 1.29 is 19.5 Å². The molecule has 2 amide bonds. The van der Waals surface area contributed by atoms with Crippen LogP contribution in [0.2, 0.25) is 0 Å². The minimum atomic E-state index is -1.15. The zero-order valence-electron chi connectivity index (χ0n) is 12.8. The van der Waals surface area contributed by atoms with Gasteiger partial charge >= 0.3 is 5.97 Å². The van der Waals surface area contributed by atoms with Gasteiger partial charge in [0.2, 0.25) is 11.6 Å². The molecule has 2 N–H and O–H groups in total. The molecule has 0 radical (unpaired) electrons. The van der Waals surface area contributed by atoms with Crippen LogP contribution < -0.4 is 5.32 Å². The average molecular weight is 315 g/mol. The van der Waals surface area contributed by atoms with Crippen molar-refractivity contribution in [3.63, 3.8) is 0 Å². The van der Waals surface area contributed by atoms with E-state index >= 15 is 0 Å². The summed E-state index contributed by atoms with van der Waals surface area (Å²) >= 11 is 1.41. The number of thioether (sulfide) groups is 1. The lowest BCUT2D eigenvalue weighted by atomic mass is 9.90. The predicted molar refractivity (Wildman–Crippen MR) is 78.6 cm³/mol. The summed E-state index contributed by atoms with van der Waals surface area (Å²) in [5.41, 5.74) is -1.15. The van der Waals surface area contributed by atoms with Crippen molar-refractivity contribution in [3.05, 3.63) is 0 Å². The Kier molecular flexibility index (Phi) is 3.74. The molecule has 0 unspecified atom stereocenters. The van der Waals surface area contributed by atoms with E-state index in [-0.39, 0.29) is 18.2 Å². The second kappa shape index (κ2) is 4.88. The molecule has 2 aliphatic rings. The number of aliphatic carboxylic acids is 1. The van der Waals surface area contributed by atoms with Crippen LogP contribution in [-0.2, 0) is 14.4 Å². The maximum absolute atomic E-state index is 12.7. The monoisotopic (exact) mass is 315 g/mol. The molecule has 118 valence electrons. The third-order valence-corrected chi connectivity index (χ3v) is 5.74. The summed E-state index contributed by atoms with van der Waals surface area (Å²) in [4.78, 5) is 39.0. The zero-order chi connectivity index (χ0) is 16.2. The van der Waals surface area contributed by atoms with Crippen LogP contribution in [0.5, 0.6) is 0 Å². The van der Waals surface area contributed by atoms with Crippen molar-refractivity contribution in [3.8, 4) is 0 Å². The van der Waals surface area contributed by atoms with Gasteiger partial charge in [-0.05, 0) is 27.9 Å². The van der Waals surface area contributed by atoms with Crippen molar-refractivity contribution in [1.29, 1.82) is 0 Å². The van der Waals surface area contributed by atoms with Crippen LogP contribution in [0.1, 0.15) is 27.2 Å². The van der Waals surface area contributed by atoms with Gasteiger partial charge < -0.3 is 15.3 Å². The Morgan fingerprint density at radius 3 is 2.43 bits per heavy atom. The van der Waals surface area contributed by atoms with Crippen LogP contribution in [0.3, 0.4) is 0 Å². The molecular formula is C13H21N3O4S. The standard InChI is InChI=1S/C13H21N3O4S/c1-6-7(17)14-13(15(4)5)10(20)16-8(9(18)19)12(2,3)21-11(13)16/h8,11H,6H2,1-5H3,(H,14,17)(H,18,19)/t8-,11+,13+/m0/s1. The summed E-state index contributed by atoms with van der Waals surface area (Å²) < 4.78 is -0.610. The highest BCUT2D eigenvalue weighted by atomic mass is 32.2. The first-order valence-electron chi connectivity index (χ1n) is 6.81. The van der Waals surface area contributed by atoms with Crippen LogP contribution >= 0.6 is 11.8 Å². The highest BCUT2D eigenvalue weighted by Crippen LogP contribution is 2.55. The first-order chi connectivity index (χ1) is 9.59. The highest BCUT2D eigenvalue weighted by Gasteiger charge is 2.73. The number of nitrogens with zero attached hydrogens (tertiary/aromatic N) is 2. The molecule has 0 aromatic carbocycles. The molecule has 2 aliphatic heterocycles. The molecule has 3 atom stereocenters. The molecule has 2 fully saturated rings. The maximum atomic E-state index is 12.7. The second-order valence-electron chi connectivity index (χ2n) is 6.09. The maximum Gasteiger partial charge on any atom is 0.327 e. The second-order valence-corrected chi connectivity index (χ2v) is 7.82. The molecule has 2 heterocycles. The Bertz CT molecular complexity index is 508. The van der Waals surface area contributed by atoms with Crippen molar-refractivity contribution in [2.75, 3.05) is 14.1 Å². The number of hydrogen-bond donors (Lipinski definition) is 2. The normalized spacial score (nSPS) is 33.6. The number of β-lactam (4-membered cyclic amide) rings is 1. The number of carboxylic acid groups (broad SMARTS) is 1. The van der Waals surface area contributed by atoms with Gasteiger partial charge in [-0.1, -0.05) is 6.92 Å². The van der Waals surface area contributed by atoms with Gasteiger partial charge in [-0.15, -0.1) is 11.8 Å². The molecule has 21 heavy (non-hydrogen) atoms. The molecule has 2 saturated heterocycles. The number of carbonyl (C=O) groups is 3. The lowest BCUT2D eigenvalue weighted by molar-refractivity contribution is -0.180. The minimum absolute atomic E-state index is 0.228. The predicted octanol–water partition coefficient (Wildman–Crippen LogP) is -0.0826. The number of carbonyl (C=O) groups excluding carboxylic acids is 2. The SMILES string of the molecule is CCC(=O)N[C@@]1(N(C)C)C(=O)N2[C@@H](C(=O)O)C(C)(C)S[C@@H]21. The minimum Gasteiger partial charge on any atom is -0.480 e. The Labute approximate surface area is 128 Å². The highest BCUT2D eigenvalue weighted by molar-refractivity contribution is 8.01. The summed E-state index contributed by atoms with van der Waals surface area (Å²) in [6, 6.07) is -0.883. The van der Waals surface area contributed by atoms with Gasteiger partial charge in [0.05, 0.1) is 0 Å². The molecule has 0 aromatic rings. The van der Waals surface area contributed by atoms with Gasteiger partial charge in [-0.3, -0.25) is 14.5 Å². The number of amides is 2. The fraction of sp³-hybridized carbons (Fsp3) is 0.769. The molecule has 0 bridgehead atoms. The van der Waals surface area contributed by atoms with Crippen LogP contribution in [0.25, 0.3) is 0 Å². The Balaban J connectivity index is 2.40. The number of likely N-dealkylation sites (N-methyl/N-ethyl adjacent to an activating group) is 1. The number of carboxylic acids is 1. The van der Waals surface area contributed by atoms with Crippen LogP contribution in [0.4, 0.5) is 0 Å². The smallest absolute Gasteiger partial charge is 0.327 e. The Morgan fingerprint density at radius 2 is 2.00 bits per heavy atom. The van der Waals surface area contributed by atoms with Crippen molar-refractivity contribution >= 4 is 29.5 Å². The molecule has 8 heteroatoms. The largest absolute Gasteiger partial charge is 0.480 e. The first kappa shape index (κ1) is 16.1. The summed E-state index contributed by atoms with van der Waals surface area (Å²) in [6.45, 7) is 5.33. The van der Waals surface area contributed by atoms with E-state index in [1.165, 1.54) is 16.7 Å². The summed E-state index contributed by atoms with van der Waals surface area (Å²) in [5.74, 6) is -1.60. The third kappa shape index (κ3) is 2.03. The van der Waals surface area contributed by atoms with Crippen LogP contribution in [-0.4, -0.2) is 68.6 Å². The van der Waals surface area contributed by atoms with E-state index in [1.807, 2.05) is 13.8 Å². The first-order valence-corrected chi connectivity index (χ1v) is 7.69. The number of nitrogens with one attached hydrogen (secondary N) is 1. The van der Waals surface area contributed by atoms with E-state index in [0.29, 0.717) is 0 Å².